The molecular weight excluding hydrogens is 356 g/mol. The van der Waals surface area contributed by atoms with Crippen LogP contribution in [0.4, 0.5) is 5.69 Å². The van der Waals surface area contributed by atoms with E-state index in [9.17, 15) is 13.2 Å². The summed E-state index contributed by atoms with van der Waals surface area (Å²) in [7, 11) is -3.72. The van der Waals surface area contributed by atoms with Crippen LogP contribution in [0.2, 0.25) is 5.02 Å². The fourth-order valence-corrected chi connectivity index (χ4v) is 4.37. The lowest BCUT2D eigenvalue weighted by atomic mass is 10.0. The molecule has 124 valence electrons. The molecule has 1 aromatic carbocycles. The van der Waals surface area contributed by atoms with E-state index in [4.69, 9.17) is 11.6 Å². The molecule has 0 saturated heterocycles. The summed E-state index contributed by atoms with van der Waals surface area (Å²) in [5, 5.41) is 4.93. The van der Waals surface area contributed by atoms with Crippen molar-refractivity contribution < 1.29 is 13.2 Å². The van der Waals surface area contributed by atoms with E-state index < -0.39 is 22.0 Å². The standard InChI is InChI=1S/C15H17ClN2O3S2/c1-10(2)14(18-23(20,21)13-4-3-9-22-13)15(19)17-12-7-5-11(16)6-8-12/h3-10,14,18H,1-2H3,(H,17,19)/t14-/m0/s1. The normalized spacial score (nSPS) is 13.0. The molecule has 0 spiro atoms. The molecule has 0 aliphatic rings. The predicted molar refractivity (Wildman–Crippen MR) is 93.3 cm³/mol. The second-order valence-electron chi connectivity index (χ2n) is 5.27. The third kappa shape index (κ3) is 4.78. The Labute approximate surface area is 144 Å². The fourth-order valence-electron chi connectivity index (χ4n) is 1.89. The van der Waals surface area contributed by atoms with Crippen molar-refractivity contribution in [3.05, 3.63) is 46.8 Å². The molecule has 0 unspecified atom stereocenters. The third-order valence-corrected chi connectivity index (χ3v) is 6.19. The number of sulfonamides is 1. The molecule has 2 aromatic rings. The Bertz CT molecular complexity index is 757. The number of carbonyl (C=O) groups is 1. The molecule has 1 atom stereocenters. The van der Waals surface area contributed by atoms with E-state index >= 15 is 0 Å². The number of amides is 1. The Kier molecular flexibility index (Phi) is 5.80. The van der Waals surface area contributed by atoms with Gasteiger partial charge in [-0.15, -0.1) is 11.3 Å². The maximum absolute atomic E-state index is 12.4. The van der Waals surface area contributed by atoms with Gasteiger partial charge >= 0.3 is 0 Å². The Morgan fingerprint density at radius 3 is 2.35 bits per heavy atom. The monoisotopic (exact) mass is 372 g/mol. The lowest BCUT2D eigenvalue weighted by molar-refractivity contribution is -0.118. The molecule has 0 radical (unpaired) electrons. The topological polar surface area (TPSA) is 75.3 Å². The van der Waals surface area contributed by atoms with Crippen molar-refractivity contribution in [3.8, 4) is 0 Å². The first-order chi connectivity index (χ1) is 10.8. The molecule has 1 heterocycles. The average molecular weight is 373 g/mol. The van der Waals surface area contributed by atoms with Crippen molar-refractivity contribution in [1.29, 1.82) is 0 Å². The molecule has 0 aliphatic heterocycles. The van der Waals surface area contributed by atoms with Crippen molar-refractivity contribution in [1.82, 2.24) is 4.72 Å². The first-order valence-corrected chi connectivity index (χ1v) is 9.66. The highest BCUT2D eigenvalue weighted by Gasteiger charge is 2.28. The van der Waals surface area contributed by atoms with Crippen LogP contribution < -0.4 is 10.0 Å². The summed E-state index contributed by atoms with van der Waals surface area (Å²) in [5.41, 5.74) is 0.556. The van der Waals surface area contributed by atoms with Gasteiger partial charge in [-0.25, -0.2) is 8.42 Å². The molecule has 2 N–H and O–H groups in total. The molecule has 5 nitrogen and oxygen atoms in total. The third-order valence-electron chi connectivity index (χ3n) is 3.10. The maximum atomic E-state index is 12.4. The number of benzene rings is 1. The first kappa shape index (κ1) is 17.9. The van der Waals surface area contributed by atoms with Crippen LogP contribution in [-0.2, 0) is 14.8 Å². The number of nitrogens with one attached hydrogen (secondary N) is 2. The Morgan fingerprint density at radius 2 is 1.83 bits per heavy atom. The van der Waals surface area contributed by atoms with Gasteiger partial charge < -0.3 is 5.32 Å². The molecule has 0 fully saturated rings. The second-order valence-corrected chi connectivity index (χ2v) is 8.60. The van der Waals surface area contributed by atoms with Crippen molar-refractivity contribution in [2.45, 2.75) is 24.1 Å². The number of rotatable bonds is 6. The highest BCUT2D eigenvalue weighted by atomic mass is 35.5. The zero-order valence-corrected chi connectivity index (χ0v) is 15.0. The van der Waals surface area contributed by atoms with E-state index in [0.29, 0.717) is 10.7 Å². The molecular formula is C15H17ClN2O3S2. The van der Waals surface area contributed by atoms with Gasteiger partial charge in [-0.05, 0) is 41.6 Å². The zero-order valence-electron chi connectivity index (χ0n) is 12.6. The van der Waals surface area contributed by atoms with Crippen LogP contribution in [0.3, 0.4) is 0 Å². The van der Waals surface area contributed by atoms with E-state index in [1.165, 1.54) is 6.07 Å². The lowest BCUT2D eigenvalue weighted by Crippen LogP contribution is -2.46. The SMILES string of the molecule is CC(C)[C@H](NS(=O)(=O)c1cccs1)C(=O)Nc1ccc(Cl)cc1. The quantitative estimate of drug-likeness (QED) is 0.816. The number of thiophene rings is 1. The number of hydrogen-bond acceptors (Lipinski definition) is 4. The van der Waals surface area contributed by atoms with Gasteiger partial charge in [0.1, 0.15) is 10.3 Å². The fraction of sp³-hybridized carbons (Fsp3) is 0.267. The number of hydrogen-bond donors (Lipinski definition) is 2. The highest BCUT2D eigenvalue weighted by Crippen LogP contribution is 2.18. The predicted octanol–water partition coefficient (Wildman–Crippen LogP) is 3.34. The summed E-state index contributed by atoms with van der Waals surface area (Å²) < 4.78 is 27.3. The van der Waals surface area contributed by atoms with Crippen LogP contribution in [0.15, 0.2) is 46.0 Å². The minimum atomic E-state index is -3.72. The smallest absolute Gasteiger partial charge is 0.250 e. The van der Waals surface area contributed by atoms with Crippen LogP contribution >= 0.6 is 22.9 Å². The Balaban J connectivity index is 2.15. The summed E-state index contributed by atoms with van der Waals surface area (Å²) in [6, 6.07) is 8.89. The number of anilines is 1. The number of halogens is 1. The van der Waals surface area contributed by atoms with Gasteiger partial charge in [0.25, 0.3) is 10.0 Å². The van der Waals surface area contributed by atoms with E-state index in [1.807, 2.05) is 0 Å². The van der Waals surface area contributed by atoms with Gasteiger partial charge in [0.15, 0.2) is 0 Å². The molecule has 1 amide bonds. The van der Waals surface area contributed by atoms with E-state index in [0.717, 1.165) is 11.3 Å². The van der Waals surface area contributed by atoms with Crippen molar-refractivity contribution >= 4 is 44.6 Å². The largest absolute Gasteiger partial charge is 0.325 e. The summed E-state index contributed by atoms with van der Waals surface area (Å²) in [5.74, 6) is -0.625. The average Bonchev–Trinajstić information content (AvgIpc) is 3.02. The van der Waals surface area contributed by atoms with Gasteiger partial charge in [-0.2, -0.15) is 4.72 Å². The molecule has 0 bridgehead atoms. The Morgan fingerprint density at radius 1 is 1.17 bits per heavy atom. The molecule has 2 rings (SSSR count). The van der Waals surface area contributed by atoms with Crippen LogP contribution in [0.1, 0.15) is 13.8 Å². The van der Waals surface area contributed by atoms with Crippen molar-refractivity contribution in [3.63, 3.8) is 0 Å². The summed E-state index contributed by atoms with van der Waals surface area (Å²) in [4.78, 5) is 12.4. The first-order valence-electron chi connectivity index (χ1n) is 6.92. The minimum absolute atomic E-state index is 0.183. The molecule has 0 aliphatic carbocycles. The molecule has 8 heteroatoms. The van der Waals surface area contributed by atoms with Crippen molar-refractivity contribution in [2.24, 2.45) is 5.92 Å². The highest BCUT2D eigenvalue weighted by molar-refractivity contribution is 7.91. The molecule has 0 saturated carbocycles. The number of carbonyl (C=O) groups excluding carboxylic acids is 1. The maximum Gasteiger partial charge on any atom is 0.250 e. The molecule has 23 heavy (non-hydrogen) atoms. The van der Waals surface area contributed by atoms with Gasteiger partial charge in [0, 0.05) is 10.7 Å². The minimum Gasteiger partial charge on any atom is -0.325 e. The van der Waals surface area contributed by atoms with Gasteiger partial charge in [0.05, 0.1) is 0 Å². The van der Waals surface area contributed by atoms with Crippen molar-refractivity contribution in [2.75, 3.05) is 5.32 Å². The van der Waals surface area contributed by atoms with Crippen LogP contribution in [-0.4, -0.2) is 20.4 Å². The van der Waals surface area contributed by atoms with Crippen LogP contribution in [0.25, 0.3) is 0 Å². The van der Waals surface area contributed by atoms with Gasteiger partial charge in [0.2, 0.25) is 5.91 Å². The lowest BCUT2D eigenvalue weighted by Gasteiger charge is -2.21. The van der Waals surface area contributed by atoms with Crippen LogP contribution in [0.5, 0.6) is 0 Å². The van der Waals surface area contributed by atoms with Gasteiger partial charge in [-0.1, -0.05) is 31.5 Å². The summed E-state index contributed by atoms with van der Waals surface area (Å²) in [6.07, 6.45) is 0. The van der Waals surface area contributed by atoms with E-state index in [-0.39, 0.29) is 10.1 Å². The molecule has 1 aromatic heterocycles. The zero-order chi connectivity index (χ0) is 17.0. The van der Waals surface area contributed by atoms with E-state index in [2.05, 4.69) is 10.0 Å². The summed E-state index contributed by atoms with van der Waals surface area (Å²) >= 11 is 6.91. The summed E-state index contributed by atoms with van der Waals surface area (Å²) in [6.45, 7) is 3.56. The Hall–Kier alpha value is -1.41. The van der Waals surface area contributed by atoms with Crippen LogP contribution in [0, 0.1) is 5.92 Å². The van der Waals surface area contributed by atoms with E-state index in [1.54, 1.807) is 49.6 Å². The van der Waals surface area contributed by atoms with Gasteiger partial charge in [-0.3, -0.25) is 4.79 Å². The second kappa shape index (κ2) is 7.44.